The number of nitrogens with one attached hydrogen (secondary N) is 1. The fraction of sp³-hybridized carbons (Fsp3) is 0.412. The molecule has 1 aliphatic carbocycles. The lowest BCUT2D eigenvalue weighted by atomic mass is 9.95. The van der Waals surface area contributed by atoms with Crippen molar-refractivity contribution in [3.05, 3.63) is 89.0 Å². The van der Waals surface area contributed by atoms with Gasteiger partial charge in [0, 0.05) is 12.6 Å². The van der Waals surface area contributed by atoms with Crippen LogP contribution < -0.4 is 14.4 Å². The van der Waals surface area contributed by atoms with Crippen LogP contribution in [-0.4, -0.2) is 50.9 Å². The van der Waals surface area contributed by atoms with Gasteiger partial charge in [-0.3, -0.25) is 13.9 Å². The van der Waals surface area contributed by atoms with E-state index in [1.54, 1.807) is 62.6 Å². The third kappa shape index (κ3) is 7.96. The second-order valence-electron chi connectivity index (χ2n) is 11.5. The summed E-state index contributed by atoms with van der Waals surface area (Å²) in [5, 5.41) is 3.13. The van der Waals surface area contributed by atoms with Gasteiger partial charge in [0.05, 0.1) is 17.7 Å². The Kier molecular flexibility index (Phi) is 10.5. The molecule has 0 heterocycles. The number of nitrogens with zero attached hydrogens (tertiary/aromatic N) is 2. The lowest BCUT2D eigenvalue weighted by Crippen LogP contribution is -2.53. The summed E-state index contributed by atoms with van der Waals surface area (Å²) in [6.45, 7) is 7.12. The summed E-state index contributed by atoms with van der Waals surface area (Å²) in [5.74, 6) is -0.0428. The van der Waals surface area contributed by atoms with Crippen molar-refractivity contribution >= 4 is 27.5 Å². The Morgan fingerprint density at radius 2 is 1.56 bits per heavy atom. The van der Waals surface area contributed by atoms with Gasteiger partial charge >= 0.3 is 0 Å². The zero-order chi connectivity index (χ0) is 31.1. The third-order valence-corrected chi connectivity index (χ3v) is 10.1. The van der Waals surface area contributed by atoms with Crippen molar-refractivity contribution in [1.82, 2.24) is 10.2 Å². The molecule has 1 N–H and O–H groups in total. The summed E-state index contributed by atoms with van der Waals surface area (Å²) >= 11 is 0. The van der Waals surface area contributed by atoms with Crippen molar-refractivity contribution < 1.29 is 22.7 Å². The molecule has 3 aromatic carbocycles. The largest absolute Gasteiger partial charge is 0.497 e. The smallest absolute Gasteiger partial charge is 0.264 e. The first kappa shape index (κ1) is 32.1. The van der Waals surface area contributed by atoms with Crippen molar-refractivity contribution in [2.75, 3.05) is 18.0 Å². The number of hydrogen-bond donors (Lipinski definition) is 1. The number of carbonyl (C=O) groups is 2. The summed E-state index contributed by atoms with van der Waals surface area (Å²) in [6.07, 6.45) is 5.12. The highest BCUT2D eigenvalue weighted by molar-refractivity contribution is 7.92. The van der Waals surface area contributed by atoms with Gasteiger partial charge in [0.2, 0.25) is 11.8 Å². The van der Waals surface area contributed by atoms with Gasteiger partial charge in [-0.25, -0.2) is 8.42 Å². The van der Waals surface area contributed by atoms with Gasteiger partial charge in [-0.05, 0) is 93.6 Å². The van der Waals surface area contributed by atoms with E-state index in [0.29, 0.717) is 11.4 Å². The van der Waals surface area contributed by atoms with E-state index in [4.69, 9.17) is 4.74 Å². The van der Waals surface area contributed by atoms with Crippen LogP contribution in [0.4, 0.5) is 5.69 Å². The standard InChI is InChI=1S/C34H43N3O5S/c1-24-11-19-32(20-12-24)43(40,41)37(30-16-13-25(2)26(3)21-30)23-33(38)36(22-28-14-17-31(42-5)18-15-28)27(4)34(39)35-29-9-7-6-8-10-29/h11-21,27,29H,6-10,22-23H2,1-5H3,(H,35,39)/t27-/m0/s1. The molecule has 230 valence electrons. The van der Waals surface area contributed by atoms with Crippen LogP contribution in [0.3, 0.4) is 0 Å². The lowest BCUT2D eigenvalue weighted by Gasteiger charge is -2.33. The van der Waals surface area contributed by atoms with Crippen LogP contribution in [0.5, 0.6) is 5.75 Å². The van der Waals surface area contributed by atoms with Gasteiger partial charge in [-0.15, -0.1) is 0 Å². The van der Waals surface area contributed by atoms with Crippen LogP contribution in [0, 0.1) is 20.8 Å². The molecule has 1 atom stereocenters. The maximum atomic E-state index is 14.2. The van der Waals surface area contributed by atoms with Crippen LogP contribution in [0.25, 0.3) is 0 Å². The van der Waals surface area contributed by atoms with E-state index in [1.165, 1.54) is 4.90 Å². The third-order valence-electron chi connectivity index (χ3n) is 8.30. The van der Waals surface area contributed by atoms with Crippen LogP contribution in [0.15, 0.2) is 71.6 Å². The van der Waals surface area contributed by atoms with Crippen LogP contribution >= 0.6 is 0 Å². The number of benzene rings is 3. The maximum Gasteiger partial charge on any atom is 0.264 e. The molecule has 0 aromatic heterocycles. The van der Waals surface area contributed by atoms with Gasteiger partial charge in [-0.1, -0.05) is 55.2 Å². The van der Waals surface area contributed by atoms with Crippen molar-refractivity contribution in [2.24, 2.45) is 0 Å². The lowest BCUT2D eigenvalue weighted by molar-refractivity contribution is -0.139. The van der Waals surface area contributed by atoms with Gasteiger partial charge in [0.1, 0.15) is 18.3 Å². The molecule has 2 amide bonds. The minimum absolute atomic E-state index is 0.0792. The average molecular weight is 606 g/mol. The molecule has 0 unspecified atom stereocenters. The normalized spacial score (nSPS) is 14.5. The highest BCUT2D eigenvalue weighted by Crippen LogP contribution is 2.27. The van der Waals surface area contributed by atoms with Crippen molar-refractivity contribution in [2.45, 2.75) is 83.3 Å². The van der Waals surface area contributed by atoms with Crippen molar-refractivity contribution in [1.29, 1.82) is 0 Å². The Morgan fingerprint density at radius 1 is 0.907 bits per heavy atom. The molecule has 1 aliphatic rings. The Labute approximate surface area is 256 Å². The van der Waals surface area contributed by atoms with Crippen LogP contribution in [0.2, 0.25) is 0 Å². The second-order valence-corrected chi connectivity index (χ2v) is 13.3. The number of sulfonamides is 1. The molecule has 0 saturated heterocycles. The summed E-state index contributed by atoms with van der Waals surface area (Å²) in [6, 6.07) is 18.5. The SMILES string of the molecule is COc1ccc(CN(C(=O)CN(c2ccc(C)c(C)c2)S(=O)(=O)c2ccc(C)cc2)[C@@H](C)C(=O)NC2CCCCC2)cc1. The van der Waals surface area contributed by atoms with Gasteiger partial charge in [-0.2, -0.15) is 0 Å². The number of ether oxygens (including phenoxy) is 1. The van der Waals surface area contributed by atoms with Crippen LogP contribution in [0.1, 0.15) is 61.3 Å². The number of carbonyl (C=O) groups excluding carboxylic acids is 2. The second kappa shape index (κ2) is 14.1. The van der Waals surface area contributed by atoms with E-state index in [0.717, 1.165) is 58.7 Å². The molecule has 9 heteroatoms. The van der Waals surface area contributed by atoms with Crippen molar-refractivity contribution in [3.8, 4) is 5.75 Å². The minimum atomic E-state index is -4.11. The highest BCUT2D eigenvalue weighted by atomic mass is 32.2. The quantitative estimate of drug-likeness (QED) is 0.303. The summed E-state index contributed by atoms with van der Waals surface area (Å²) in [7, 11) is -2.53. The first-order valence-corrected chi connectivity index (χ1v) is 16.3. The maximum absolute atomic E-state index is 14.2. The van der Waals surface area contributed by atoms with E-state index in [2.05, 4.69) is 5.32 Å². The molecule has 3 aromatic rings. The topological polar surface area (TPSA) is 96.0 Å². The molecule has 4 rings (SSSR count). The molecule has 43 heavy (non-hydrogen) atoms. The fourth-order valence-corrected chi connectivity index (χ4v) is 6.73. The molecule has 0 spiro atoms. The molecule has 0 radical (unpaired) electrons. The van der Waals surface area contributed by atoms with Crippen molar-refractivity contribution in [3.63, 3.8) is 0 Å². The summed E-state index contributed by atoms with van der Waals surface area (Å²) in [5.41, 5.74) is 4.03. The van der Waals surface area contributed by atoms with Crippen LogP contribution in [-0.2, 0) is 26.2 Å². The molecule has 0 bridgehead atoms. The number of methoxy groups -OCH3 is 1. The first-order chi connectivity index (χ1) is 20.5. The molecule has 1 saturated carbocycles. The number of rotatable bonds is 11. The first-order valence-electron chi connectivity index (χ1n) is 14.9. The summed E-state index contributed by atoms with van der Waals surface area (Å²) < 4.78 is 34.5. The molecule has 0 aliphatic heterocycles. The fourth-order valence-electron chi connectivity index (χ4n) is 5.33. The molecular formula is C34H43N3O5S. The highest BCUT2D eigenvalue weighted by Gasteiger charge is 2.33. The molecular weight excluding hydrogens is 562 g/mol. The van der Waals surface area contributed by atoms with Gasteiger partial charge < -0.3 is 15.0 Å². The Morgan fingerprint density at radius 3 is 2.16 bits per heavy atom. The average Bonchev–Trinajstić information content (AvgIpc) is 3.00. The number of hydrogen-bond acceptors (Lipinski definition) is 5. The predicted molar refractivity (Wildman–Crippen MR) is 170 cm³/mol. The minimum Gasteiger partial charge on any atom is -0.497 e. The Balaban J connectivity index is 1.69. The van der Waals surface area contributed by atoms with E-state index >= 15 is 0 Å². The summed E-state index contributed by atoms with van der Waals surface area (Å²) in [4.78, 5) is 29.2. The Bertz CT molecular complexity index is 1510. The Hall–Kier alpha value is -3.85. The zero-order valence-corrected chi connectivity index (χ0v) is 26.6. The monoisotopic (exact) mass is 605 g/mol. The zero-order valence-electron chi connectivity index (χ0n) is 25.8. The predicted octanol–water partition coefficient (Wildman–Crippen LogP) is 5.68. The van der Waals surface area contributed by atoms with E-state index in [-0.39, 0.29) is 23.4 Å². The molecule has 8 nitrogen and oxygen atoms in total. The van der Waals surface area contributed by atoms with E-state index < -0.39 is 28.5 Å². The number of aryl methyl sites for hydroxylation is 3. The van der Waals surface area contributed by atoms with Gasteiger partial charge in [0.15, 0.2) is 0 Å². The van der Waals surface area contributed by atoms with E-state index in [1.807, 2.05) is 39.0 Å². The van der Waals surface area contributed by atoms with E-state index in [9.17, 15) is 18.0 Å². The number of amides is 2. The molecule has 1 fully saturated rings. The number of anilines is 1. The van der Waals surface area contributed by atoms with Gasteiger partial charge in [0.25, 0.3) is 10.0 Å².